The first-order valence-corrected chi connectivity index (χ1v) is 10.4. The minimum Gasteiger partial charge on any atom is -0.331 e. The number of likely N-dealkylation sites (N-methyl/N-ethyl adjacent to an activating group) is 1. The van der Waals surface area contributed by atoms with Crippen LogP contribution in [-0.2, 0) is 11.3 Å². The van der Waals surface area contributed by atoms with Crippen molar-refractivity contribution in [3.8, 4) is 0 Å². The fraction of sp³-hybridized carbons (Fsp3) is 0.591. The van der Waals surface area contributed by atoms with E-state index in [0.717, 1.165) is 32.2 Å². The van der Waals surface area contributed by atoms with Gasteiger partial charge in [-0.1, -0.05) is 25.5 Å². The molecule has 2 aromatic rings. The van der Waals surface area contributed by atoms with E-state index in [4.69, 9.17) is 4.98 Å². The molecular formula is C22H32N4O2. The number of para-hydroxylation sites is 1. The second kappa shape index (κ2) is 8.86. The zero-order valence-electron chi connectivity index (χ0n) is 17.5. The Morgan fingerprint density at radius 3 is 2.57 bits per heavy atom. The van der Waals surface area contributed by atoms with Gasteiger partial charge < -0.3 is 9.80 Å². The molecule has 152 valence electrons. The van der Waals surface area contributed by atoms with Gasteiger partial charge in [-0.05, 0) is 52.4 Å². The first-order chi connectivity index (χ1) is 13.4. The summed E-state index contributed by atoms with van der Waals surface area (Å²) in [5.74, 6) is 1.01. The van der Waals surface area contributed by atoms with Gasteiger partial charge in [0.2, 0.25) is 5.91 Å². The highest BCUT2D eigenvalue weighted by atomic mass is 16.2. The third-order valence-corrected chi connectivity index (χ3v) is 5.71. The number of amides is 1. The first-order valence-electron chi connectivity index (χ1n) is 10.4. The van der Waals surface area contributed by atoms with E-state index >= 15 is 0 Å². The van der Waals surface area contributed by atoms with Gasteiger partial charge >= 0.3 is 0 Å². The maximum Gasteiger partial charge on any atom is 0.261 e. The fourth-order valence-corrected chi connectivity index (χ4v) is 3.78. The molecule has 0 saturated heterocycles. The van der Waals surface area contributed by atoms with Gasteiger partial charge in [0.25, 0.3) is 5.56 Å². The summed E-state index contributed by atoms with van der Waals surface area (Å²) in [6.45, 7) is 6.09. The number of carbonyl (C=O) groups is 1. The summed E-state index contributed by atoms with van der Waals surface area (Å²) in [7, 11) is 4.02. The van der Waals surface area contributed by atoms with Crippen LogP contribution in [0.1, 0.15) is 51.4 Å². The summed E-state index contributed by atoms with van der Waals surface area (Å²) >= 11 is 0. The third kappa shape index (κ3) is 4.12. The lowest BCUT2D eigenvalue weighted by Gasteiger charge is -2.36. The smallest absolute Gasteiger partial charge is 0.261 e. The van der Waals surface area contributed by atoms with Crippen molar-refractivity contribution in [1.82, 2.24) is 19.4 Å². The first kappa shape index (κ1) is 20.5. The van der Waals surface area contributed by atoms with E-state index in [0.29, 0.717) is 29.8 Å². The molecule has 0 spiro atoms. The molecule has 3 rings (SSSR count). The summed E-state index contributed by atoms with van der Waals surface area (Å²) in [6, 6.07) is 7.23. The van der Waals surface area contributed by atoms with Gasteiger partial charge in [-0.3, -0.25) is 14.2 Å². The number of rotatable bonds is 8. The Hall–Kier alpha value is -2.21. The Balaban J connectivity index is 2.04. The normalized spacial score (nSPS) is 15.6. The van der Waals surface area contributed by atoms with Gasteiger partial charge in [-0.2, -0.15) is 0 Å². The van der Waals surface area contributed by atoms with E-state index in [2.05, 4.69) is 11.8 Å². The summed E-state index contributed by atoms with van der Waals surface area (Å²) in [5, 5.41) is 0.636. The molecule has 0 aliphatic heterocycles. The Morgan fingerprint density at radius 1 is 1.25 bits per heavy atom. The lowest BCUT2D eigenvalue weighted by atomic mass is 9.84. The molecule has 1 atom stereocenters. The van der Waals surface area contributed by atoms with Crippen LogP contribution in [0.4, 0.5) is 0 Å². The van der Waals surface area contributed by atoms with Gasteiger partial charge in [-0.25, -0.2) is 4.98 Å². The number of nitrogens with zero attached hydrogens (tertiary/aromatic N) is 4. The molecular weight excluding hydrogens is 352 g/mol. The van der Waals surface area contributed by atoms with Crippen LogP contribution in [-0.4, -0.2) is 52.4 Å². The van der Waals surface area contributed by atoms with Crippen molar-refractivity contribution in [2.24, 2.45) is 5.92 Å². The molecule has 0 N–H and O–H groups in total. The van der Waals surface area contributed by atoms with Crippen LogP contribution in [0.3, 0.4) is 0 Å². The van der Waals surface area contributed by atoms with E-state index in [1.807, 2.05) is 50.2 Å². The van der Waals surface area contributed by atoms with Crippen molar-refractivity contribution in [2.75, 3.05) is 27.2 Å². The largest absolute Gasteiger partial charge is 0.331 e. The number of carbonyl (C=O) groups excluding carboxylic acids is 1. The second-order valence-corrected chi connectivity index (χ2v) is 8.08. The van der Waals surface area contributed by atoms with Crippen molar-refractivity contribution in [2.45, 2.75) is 52.1 Å². The SMILES string of the molecule is CCCn1c(C(C)N(CCN(C)C)C(=O)C2CCC2)nc2ccccc2c1=O. The topological polar surface area (TPSA) is 58.4 Å². The molecule has 1 aliphatic carbocycles. The number of aromatic nitrogens is 2. The molecule has 1 amide bonds. The third-order valence-electron chi connectivity index (χ3n) is 5.71. The van der Waals surface area contributed by atoms with Crippen LogP contribution in [0.25, 0.3) is 10.9 Å². The molecule has 0 bridgehead atoms. The Labute approximate surface area is 167 Å². The molecule has 28 heavy (non-hydrogen) atoms. The second-order valence-electron chi connectivity index (χ2n) is 8.08. The standard InChI is InChI=1S/C22H32N4O2/c1-5-13-26-20(23-19-12-7-6-11-18(19)22(26)28)16(2)25(15-14-24(3)4)21(27)17-9-8-10-17/h6-7,11-12,16-17H,5,8-10,13-15H2,1-4H3. The van der Waals surface area contributed by atoms with E-state index in [9.17, 15) is 9.59 Å². The minimum atomic E-state index is -0.239. The molecule has 1 heterocycles. The molecule has 1 unspecified atom stereocenters. The van der Waals surface area contributed by atoms with Crippen LogP contribution < -0.4 is 5.56 Å². The van der Waals surface area contributed by atoms with Gasteiger partial charge in [0.1, 0.15) is 5.82 Å². The van der Waals surface area contributed by atoms with Crippen LogP contribution in [0.15, 0.2) is 29.1 Å². The number of hydrogen-bond donors (Lipinski definition) is 0. The zero-order chi connectivity index (χ0) is 20.3. The van der Waals surface area contributed by atoms with Crippen LogP contribution >= 0.6 is 0 Å². The number of hydrogen-bond acceptors (Lipinski definition) is 4. The summed E-state index contributed by atoms with van der Waals surface area (Å²) in [5.41, 5.74) is 0.684. The van der Waals surface area contributed by atoms with Crippen molar-refractivity contribution >= 4 is 16.8 Å². The van der Waals surface area contributed by atoms with Crippen LogP contribution in [0, 0.1) is 5.92 Å². The highest BCUT2D eigenvalue weighted by Crippen LogP contribution is 2.31. The van der Waals surface area contributed by atoms with Crippen LogP contribution in [0.5, 0.6) is 0 Å². The lowest BCUT2D eigenvalue weighted by Crippen LogP contribution is -2.45. The highest BCUT2D eigenvalue weighted by molar-refractivity contribution is 5.80. The molecule has 1 aromatic heterocycles. The lowest BCUT2D eigenvalue weighted by molar-refractivity contribution is -0.140. The van der Waals surface area contributed by atoms with E-state index in [1.165, 1.54) is 0 Å². The van der Waals surface area contributed by atoms with Crippen LogP contribution in [0.2, 0.25) is 0 Å². The zero-order valence-corrected chi connectivity index (χ0v) is 17.5. The molecule has 6 heteroatoms. The summed E-state index contributed by atoms with van der Waals surface area (Å²) < 4.78 is 1.77. The Morgan fingerprint density at radius 2 is 1.96 bits per heavy atom. The highest BCUT2D eigenvalue weighted by Gasteiger charge is 2.33. The minimum absolute atomic E-state index is 0.0158. The molecule has 0 radical (unpaired) electrons. The van der Waals surface area contributed by atoms with E-state index in [1.54, 1.807) is 4.57 Å². The Bertz CT molecular complexity index is 886. The average molecular weight is 385 g/mol. The van der Waals surface area contributed by atoms with E-state index < -0.39 is 0 Å². The molecule has 1 saturated carbocycles. The molecule has 1 aliphatic rings. The van der Waals surface area contributed by atoms with Crippen molar-refractivity contribution < 1.29 is 4.79 Å². The summed E-state index contributed by atoms with van der Waals surface area (Å²) in [4.78, 5) is 35.1. The predicted octanol–water partition coefficient (Wildman–Crippen LogP) is 3.06. The van der Waals surface area contributed by atoms with Crippen molar-refractivity contribution in [1.29, 1.82) is 0 Å². The Kier molecular flexibility index (Phi) is 6.50. The molecule has 6 nitrogen and oxygen atoms in total. The van der Waals surface area contributed by atoms with Gasteiger partial charge in [0.05, 0.1) is 16.9 Å². The maximum absolute atomic E-state index is 13.2. The fourth-order valence-electron chi connectivity index (χ4n) is 3.78. The van der Waals surface area contributed by atoms with Crippen molar-refractivity contribution in [3.63, 3.8) is 0 Å². The number of benzene rings is 1. The monoisotopic (exact) mass is 384 g/mol. The van der Waals surface area contributed by atoms with E-state index in [-0.39, 0.29) is 23.4 Å². The molecule has 1 aromatic carbocycles. The average Bonchev–Trinajstić information content (AvgIpc) is 2.62. The predicted molar refractivity (Wildman–Crippen MR) is 112 cm³/mol. The quantitative estimate of drug-likeness (QED) is 0.702. The molecule has 1 fully saturated rings. The summed E-state index contributed by atoms with van der Waals surface area (Å²) in [6.07, 6.45) is 3.91. The number of fused-ring (bicyclic) bond motifs is 1. The maximum atomic E-state index is 13.2. The van der Waals surface area contributed by atoms with Gasteiger partial charge in [-0.15, -0.1) is 0 Å². The van der Waals surface area contributed by atoms with Gasteiger partial charge in [0.15, 0.2) is 0 Å². The van der Waals surface area contributed by atoms with Gasteiger partial charge in [0, 0.05) is 25.6 Å². The van der Waals surface area contributed by atoms with Crippen molar-refractivity contribution in [3.05, 3.63) is 40.4 Å².